The van der Waals surface area contributed by atoms with Crippen molar-refractivity contribution in [3.05, 3.63) is 11.8 Å². The van der Waals surface area contributed by atoms with E-state index in [-0.39, 0.29) is 5.92 Å². The number of halogens is 1. The fraction of sp³-hybridized carbons (Fsp3) is 0.750. The predicted octanol–water partition coefficient (Wildman–Crippen LogP) is 1.85. The Labute approximate surface area is 70.0 Å². The van der Waals surface area contributed by atoms with Gasteiger partial charge in [-0.15, -0.1) is 10.2 Å². The second-order valence-electron chi connectivity index (χ2n) is 3.15. The Morgan fingerprint density at radius 3 is 2.75 bits per heavy atom. The van der Waals surface area contributed by atoms with Crippen molar-refractivity contribution in [2.24, 2.45) is 0 Å². The molecule has 0 bridgehead atoms. The van der Waals surface area contributed by atoms with Gasteiger partial charge in [-0.3, -0.25) is 0 Å². The highest BCUT2D eigenvalue weighted by Gasteiger charge is 2.33. The van der Waals surface area contributed by atoms with Gasteiger partial charge >= 0.3 is 0 Å². The number of aryl methyl sites for hydroxylation is 1. The number of alkyl halides is 1. The summed E-state index contributed by atoms with van der Waals surface area (Å²) in [7, 11) is 0. The lowest BCUT2D eigenvalue weighted by Gasteiger charge is -2.25. The van der Waals surface area contributed by atoms with Crippen LogP contribution >= 0.6 is 0 Å². The zero-order valence-corrected chi connectivity index (χ0v) is 6.96. The minimum absolute atomic E-state index is 0.174. The van der Waals surface area contributed by atoms with E-state index in [1.165, 1.54) is 0 Å². The second-order valence-corrected chi connectivity index (χ2v) is 3.15. The molecule has 0 aromatic carbocycles. The third kappa shape index (κ3) is 1.21. The minimum Gasteiger partial charge on any atom is -0.425 e. The van der Waals surface area contributed by atoms with Crippen LogP contribution in [0.5, 0.6) is 0 Å². The van der Waals surface area contributed by atoms with Gasteiger partial charge < -0.3 is 4.42 Å². The van der Waals surface area contributed by atoms with Crippen LogP contribution in [0.4, 0.5) is 4.39 Å². The van der Waals surface area contributed by atoms with Gasteiger partial charge in [0.25, 0.3) is 0 Å². The second kappa shape index (κ2) is 2.84. The molecule has 1 aromatic heterocycles. The van der Waals surface area contributed by atoms with Crippen molar-refractivity contribution in [3.63, 3.8) is 0 Å². The third-order valence-electron chi connectivity index (χ3n) is 2.21. The Morgan fingerprint density at radius 1 is 1.50 bits per heavy atom. The molecule has 1 aromatic rings. The van der Waals surface area contributed by atoms with Gasteiger partial charge in [0.2, 0.25) is 11.8 Å². The summed E-state index contributed by atoms with van der Waals surface area (Å²) < 4.78 is 17.7. The third-order valence-corrected chi connectivity index (χ3v) is 2.21. The van der Waals surface area contributed by atoms with Crippen LogP contribution in [0.15, 0.2) is 4.42 Å². The van der Waals surface area contributed by atoms with Gasteiger partial charge in [-0.25, -0.2) is 4.39 Å². The SMILES string of the molecule is CCc1nnc(C2CC(F)C2)o1. The molecular weight excluding hydrogens is 159 g/mol. The first-order valence-corrected chi connectivity index (χ1v) is 4.26. The van der Waals surface area contributed by atoms with Crippen molar-refractivity contribution in [3.8, 4) is 0 Å². The zero-order chi connectivity index (χ0) is 8.55. The average molecular weight is 170 g/mol. The molecule has 1 aliphatic carbocycles. The first-order chi connectivity index (χ1) is 5.79. The number of hydrogen-bond acceptors (Lipinski definition) is 3. The molecule has 3 nitrogen and oxygen atoms in total. The Kier molecular flexibility index (Phi) is 1.83. The molecule has 1 fully saturated rings. The van der Waals surface area contributed by atoms with Crippen molar-refractivity contribution in [1.29, 1.82) is 0 Å². The van der Waals surface area contributed by atoms with Crippen LogP contribution in [0.1, 0.15) is 37.5 Å². The molecule has 0 saturated heterocycles. The Bertz CT molecular complexity index is 268. The van der Waals surface area contributed by atoms with Crippen LogP contribution in [0.25, 0.3) is 0 Å². The summed E-state index contributed by atoms with van der Waals surface area (Å²) >= 11 is 0. The van der Waals surface area contributed by atoms with Crippen molar-refractivity contribution in [2.75, 3.05) is 0 Å². The van der Waals surface area contributed by atoms with Gasteiger partial charge in [-0.2, -0.15) is 0 Å². The van der Waals surface area contributed by atoms with E-state index in [4.69, 9.17) is 4.42 Å². The molecule has 0 atom stereocenters. The molecular formula is C8H11FN2O. The molecule has 1 aliphatic rings. The maximum Gasteiger partial charge on any atom is 0.219 e. The summed E-state index contributed by atoms with van der Waals surface area (Å²) in [5, 5.41) is 7.68. The van der Waals surface area contributed by atoms with Gasteiger partial charge in [0.15, 0.2) is 0 Å². The Hall–Kier alpha value is -0.930. The number of aromatic nitrogens is 2. The van der Waals surface area contributed by atoms with Gasteiger partial charge in [0, 0.05) is 12.3 Å². The first-order valence-electron chi connectivity index (χ1n) is 4.26. The van der Waals surface area contributed by atoms with Crippen molar-refractivity contribution >= 4 is 0 Å². The van der Waals surface area contributed by atoms with Crippen LogP contribution in [0.2, 0.25) is 0 Å². The van der Waals surface area contributed by atoms with Crippen LogP contribution < -0.4 is 0 Å². The standard InChI is InChI=1S/C8H11FN2O/c1-2-7-10-11-8(12-7)5-3-6(9)4-5/h5-6H,2-4H2,1H3. The highest BCUT2D eigenvalue weighted by atomic mass is 19.1. The summed E-state index contributed by atoms with van der Waals surface area (Å²) in [6, 6.07) is 0. The fourth-order valence-corrected chi connectivity index (χ4v) is 1.32. The van der Waals surface area contributed by atoms with E-state index in [0.717, 1.165) is 6.42 Å². The zero-order valence-electron chi connectivity index (χ0n) is 6.96. The van der Waals surface area contributed by atoms with Gasteiger partial charge in [-0.1, -0.05) is 6.92 Å². The van der Waals surface area contributed by atoms with Gasteiger partial charge in [0.1, 0.15) is 6.17 Å². The molecule has 0 amide bonds. The number of hydrogen-bond donors (Lipinski definition) is 0. The molecule has 0 spiro atoms. The molecule has 0 aliphatic heterocycles. The van der Waals surface area contributed by atoms with Crippen molar-refractivity contribution < 1.29 is 8.81 Å². The average Bonchev–Trinajstić information content (AvgIpc) is 2.46. The summed E-state index contributed by atoms with van der Waals surface area (Å²) in [5.74, 6) is 1.43. The summed E-state index contributed by atoms with van der Waals surface area (Å²) in [6.45, 7) is 1.95. The monoisotopic (exact) mass is 170 g/mol. The lowest BCUT2D eigenvalue weighted by molar-refractivity contribution is 0.158. The maximum absolute atomic E-state index is 12.5. The highest BCUT2D eigenvalue weighted by molar-refractivity contribution is 4.99. The van der Waals surface area contributed by atoms with Crippen LogP contribution in [0, 0.1) is 0 Å². The maximum atomic E-state index is 12.5. The van der Waals surface area contributed by atoms with Crippen molar-refractivity contribution in [1.82, 2.24) is 10.2 Å². The van der Waals surface area contributed by atoms with Gasteiger partial charge in [0.05, 0.1) is 0 Å². The van der Waals surface area contributed by atoms with Gasteiger partial charge in [-0.05, 0) is 12.8 Å². The number of nitrogens with zero attached hydrogens (tertiary/aromatic N) is 2. The van der Waals surface area contributed by atoms with E-state index < -0.39 is 6.17 Å². The smallest absolute Gasteiger partial charge is 0.219 e. The van der Waals surface area contributed by atoms with E-state index in [1.807, 2.05) is 6.92 Å². The molecule has 0 N–H and O–H groups in total. The highest BCUT2D eigenvalue weighted by Crippen LogP contribution is 2.37. The lowest BCUT2D eigenvalue weighted by atomic mass is 9.83. The topological polar surface area (TPSA) is 38.9 Å². The molecule has 1 saturated carbocycles. The molecule has 12 heavy (non-hydrogen) atoms. The normalized spacial score (nSPS) is 28.5. The molecule has 0 radical (unpaired) electrons. The van der Waals surface area contributed by atoms with E-state index in [0.29, 0.717) is 24.6 Å². The largest absolute Gasteiger partial charge is 0.425 e. The van der Waals surface area contributed by atoms with E-state index in [2.05, 4.69) is 10.2 Å². The molecule has 1 heterocycles. The molecule has 2 rings (SSSR count). The Morgan fingerprint density at radius 2 is 2.25 bits per heavy atom. The number of rotatable bonds is 2. The summed E-state index contributed by atoms with van der Waals surface area (Å²) in [6.07, 6.45) is 1.18. The van der Waals surface area contributed by atoms with Crippen LogP contribution in [-0.4, -0.2) is 16.4 Å². The quantitative estimate of drug-likeness (QED) is 0.679. The summed E-state index contributed by atoms with van der Waals surface area (Å²) in [5.41, 5.74) is 0. The lowest BCUT2D eigenvalue weighted by Crippen LogP contribution is -2.22. The van der Waals surface area contributed by atoms with Crippen LogP contribution in [-0.2, 0) is 6.42 Å². The Balaban J connectivity index is 2.04. The van der Waals surface area contributed by atoms with E-state index in [1.54, 1.807) is 0 Å². The minimum atomic E-state index is -0.660. The van der Waals surface area contributed by atoms with E-state index >= 15 is 0 Å². The fourth-order valence-electron chi connectivity index (χ4n) is 1.32. The van der Waals surface area contributed by atoms with E-state index in [9.17, 15) is 4.39 Å². The van der Waals surface area contributed by atoms with Crippen LogP contribution in [0.3, 0.4) is 0 Å². The summed E-state index contributed by atoms with van der Waals surface area (Å²) in [4.78, 5) is 0. The van der Waals surface area contributed by atoms with Crippen molar-refractivity contribution in [2.45, 2.75) is 38.3 Å². The molecule has 0 unspecified atom stereocenters. The molecule has 66 valence electrons. The first kappa shape index (κ1) is 7.71. The molecule has 4 heteroatoms. The predicted molar refractivity (Wildman–Crippen MR) is 40.5 cm³/mol.